The van der Waals surface area contributed by atoms with Crippen LogP contribution in [-0.4, -0.2) is 42.8 Å². The topological polar surface area (TPSA) is 35.5 Å². The molecule has 0 aromatic heterocycles. The molecule has 1 saturated heterocycles. The van der Waals surface area contributed by atoms with Crippen LogP contribution < -0.4 is 5.32 Å². The first-order chi connectivity index (χ1) is 9.45. The third-order valence-electron chi connectivity index (χ3n) is 4.51. The van der Waals surface area contributed by atoms with Crippen molar-refractivity contribution in [2.24, 2.45) is 5.41 Å². The lowest BCUT2D eigenvalue weighted by atomic mass is 9.79. The summed E-state index contributed by atoms with van der Waals surface area (Å²) in [7, 11) is 0. The predicted molar refractivity (Wildman–Crippen MR) is 91.2 cm³/mol. The Morgan fingerprint density at radius 2 is 1.81 bits per heavy atom. The number of benzene rings is 1. The molecule has 0 radical (unpaired) electrons. The fraction of sp³-hybridized carbons (Fsp3) is 0.647. The normalized spacial score (nSPS) is 18.1. The summed E-state index contributed by atoms with van der Waals surface area (Å²) < 4.78 is 0. The van der Waals surface area contributed by atoms with Crippen molar-refractivity contribution in [3.05, 3.63) is 34.9 Å². The van der Waals surface area contributed by atoms with Gasteiger partial charge in [-0.3, -0.25) is 4.90 Å². The number of aliphatic hydroxyl groups excluding tert-OH is 1. The Morgan fingerprint density at radius 1 is 1.19 bits per heavy atom. The molecule has 2 rings (SSSR count). The number of aryl methyl sites for hydroxylation is 2. The van der Waals surface area contributed by atoms with E-state index in [9.17, 15) is 5.11 Å². The third-order valence-corrected chi connectivity index (χ3v) is 4.51. The Labute approximate surface area is 135 Å². The fourth-order valence-electron chi connectivity index (χ4n) is 3.12. The molecule has 1 aliphatic rings. The van der Waals surface area contributed by atoms with Gasteiger partial charge in [-0.25, -0.2) is 0 Å². The quantitative estimate of drug-likeness (QED) is 0.897. The summed E-state index contributed by atoms with van der Waals surface area (Å²) in [5.41, 5.74) is 3.85. The predicted octanol–water partition coefficient (Wildman–Crippen LogP) is 2.69. The Balaban J connectivity index is 0.00000220. The second-order valence-corrected chi connectivity index (χ2v) is 6.68. The molecule has 0 spiro atoms. The highest BCUT2D eigenvalue weighted by molar-refractivity contribution is 5.85. The first kappa shape index (κ1) is 18.4. The molecule has 1 aliphatic heterocycles. The SMILES string of the molecule is Cc1ccc([C@H](N2CCNCC2)C(C)(C)CO)cc1C.Cl. The summed E-state index contributed by atoms with van der Waals surface area (Å²) in [6.45, 7) is 13.0. The number of halogens is 1. The fourth-order valence-corrected chi connectivity index (χ4v) is 3.12. The van der Waals surface area contributed by atoms with Gasteiger partial charge in [0.1, 0.15) is 0 Å². The van der Waals surface area contributed by atoms with Gasteiger partial charge in [0.2, 0.25) is 0 Å². The van der Waals surface area contributed by atoms with Gasteiger partial charge in [-0.15, -0.1) is 12.4 Å². The van der Waals surface area contributed by atoms with Gasteiger partial charge in [-0.2, -0.15) is 0 Å². The molecular weight excluding hydrogens is 284 g/mol. The molecule has 2 N–H and O–H groups in total. The van der Waals surface area contributed by atoms with Crippen molar-refractivity contribution in [1.82, 2.24) is 10.2 Å². The number of nitrogens with zero attached hydrogens (tertiary/aromatic N) is 1. The van der Waals surface area contributed by atoms with Crippen LogP contribution in [0.2, 0.25) is 0 Å². The van der Waals surface area contributed by atoms with Gasteiger partial charge >= 0.3 is 0 Å². The summed E-state index contributed by atoms with van der Waals surface area (Å²) in [5, 5.41) is 13.2. The lowest BCUT2D eigenvalue weighted by Gasteiger charge is -2.43. The van der Waals surface area contributed by atoms with E-state index in [1.807, 2.05) is 0 Å². The van der Waals surface area contributed by atoms with E-state index < -0.39 is 0 Å². The van der Waals surface area contributed by atoms with E-state index in [0.717, 1.165) is 26.2 Å². The van der Waals surface area contributed by atoms with Crippen molar-refractivity contribution >= 4 is 12.4 Å². The zero-order chi connectivity index (χ0) is 14.8. The smallest absolute Gasteiger partial charge is 0.0500 e. The highest BCUT2D eigenvalue weighted by Crippen LogP contribution is 2.38. The maximum absolute atomic E-state index is 9.84. The van der Waals surface area contributed by atoms with E-state index in [-0.39, 0.29) is 30.5 Å². The van der Waals surface area contributed by atoms with E-state index in [1.54, 1.807) is 0 Å². The van der Waals surface area contributed by atoms with Crippen LogP contribution in [0.25, 0.3) is 0 Å². The number of nitrogens with one attached hydrogen (secondary N) is 1. The third kappa shape index (κ3) is 4.19. The average molecular weight is 313 g/mol. The average Bonchev–Trinajstić information content (AvgIpc) is 2.44. The molecule has 0 bridgehead atoms. The summed E-state index contributed by atoms with van der Waals surface area (Å²) in [6.07, 6.45) is 0. The molecule has 1 aromatic carbocycles. The molecule has 4 heteroatoms. The Hall–Kier alpha value is -0.610. The van der Waals surface area contributed by atoms with Crippen molar-refractivity contribution in [3.63, 3.8) is 0 Å². The maximum atomic E-state index is 9.84. The summed E-state index contributed by atoms with van der Waals surface area (Å²) in [4.78, 5) is 2.51. The molecule has 21 heavy (non-hydrogen) atoms. The van der Waals surface area contributed by atoms with Crippen molar-refractivity contribution < 1.29 is 5.11 Å². The summed E-state index contributed by atoms with van der Waals surface area (Å²) in [6, 6.07) is 6.99. The largest absolute Gasteiger partial charge is 0.396 e. The number of piperazine rings is 1. The zero-order valence-corrected chi connectivity index (χ0v) is 14.5. The van der Waals surface area contributed by atoms with E-state index in [1.165, 1.54) is 16.7 Å². The standard InChI is InChI=1S/C17H28N2O.ClH/c1-13-5-6-15(11-14(13)2)16(17(3,4)12-20)19-9-7-18-8-10-19;/h5-6,11,16,18,20H,7-10,12H2,1-4H3;1H/t16-;/m0./s1. The Morgan fingerprint density at radius 3 is 2.33 bits per heavy atom. The maximum Gasteiger partial charge on any atom is 0.0500 e. The molecule has 1 atom stereocenters. The van der Waals surface area contributed by atoms with E-state index in [2.05, 4.69) is 56.1 Å². The van der Waals surface area contributed by atoms with Gasteiger partial charge in [-0.05, 0) is 30.5 Å². The van der Waals surface area contributed by atoms with E-state index >= 15 is 0 Å². The van der Waals surface area contributed by atoms with Crippen LogP contribution >= 0.6 is 12.4 Å². The molecule has 3 nitrogen and oxygen atoms in total. The van der Waals surface area contributed by atoms with Gasteiger partial charge in [0, 0.05) is 44.2 Å². The highest BCUT2D eigenvalue weighted by Gasteiger charge is 2.35. The van der Waals surface area contributed by atoms with E-state index in [0.29, 0.717) is 0 Å². The number of rotatable bonds is 4. The lowest BCUT2D eigenvalue weighted by molar-refractivity contribution is 0.0305. The number of hydrogen-bond acceptors (Lipinski definition) is 3. The minimum absolute atomic E-state index is 0. The van der Waals surface area contributed by atoms with E-state index in [4.69, 9.17) is 0 Å². The van der Waals surface area contributed by atoms with Crippen LogP contribution in [0, 0.1) is 19.3 Å². The first-order valence-electron chi connectivity index (χ1n) is 7.58. The molecule has 0 aliphatic carbocycles. The van der Waals surface area contributed by atoms with Crippen LogP contribution in [0.3, 0.4) is 0 Å². The van der Waals surface area contributed by atoms with Gasteiger partial charge in [0.05, 0.1) is 0 Å². The monoisotopic (exact) mass is 312 g/mol. The first-order valence-corrected chi connectivity index (χ1v) is 7.58. The molecule has 0 amide bonds. The minimum Gasteiger partial charge on any atom is -0.396 e. The summed E-state index contributed by atoms with van der Waals surface area (Å²) >= 11 is 0. The van der Waals surface area contributed by atoms with Gasteiger partial charge < -0.3 is 10.4 Å². The van der Waals surface area contributed by atoms with Gasteiger partial charge in [0.15, 0.2) is 0 Å². The van der Waals surface area contributed by atoms with Crippen LogP contribution in [0.5, 0.6) is 0 Å². The zero-order valence-electron chi connectivity index (χ0n) is 13.6. The van der Waals surface area contributed by atoms with Crippen molar-refractivity contribution in [2.75, 3.05) is 32.8 Å². The van der Waals surface area contributed by atoms with Gasteiger partial charge in [0.25, 0.3) is 0 Å². The molecule has 1 aromatic rings. The molecule has 1 heterocycles. The lowest BCUT2D eigenvalue weighted by Crippen LogP contribution is -2.49. The highest BCUT2D eigenvalue weighted by atomic mass is 35.5. The van der Waals surface area contributed by atoms with Crippen LogP contribution in [0.1, 0.15) is 36.6 Å². The molecule has 120 valence electrons. The molecular formula is C17H29ClN2O. The van der Waals surface area contributed by atoms with Crippen molar-refractivity contribution in [2.45, 2.75) is 33.7 Å². The second-order valence-electron chi connectivity index (χ2n) is 6.68. The molecule has 0 unspecified atom stereocenters. The van der Waals surface area contributed by atoms with Crippen molar-refractivity contribution in [3.8, 4) is 0 Å². The van der Waals surface area contributed by atoms with Gasteiger partial charge in [-0.1, -0.05) is 32.0 Å². The van der Waals surface area contributed by atoms with Crippen LogP contribution in [0.4, 0.5) is 0 Å². The Bertz CT molecular complexity index is 456. The molecule has 1 fully saturated rings. The minimum atomic E-state index is -0.140. The number of aliphatic hydroxyl groups is 1. The second kappa shape index (κ2) is 7.59. The van der Waals surface area contributed by atoms with Crippen LogP contribution in [0.15, 0.2) is 18.2 Å². The molecule has 0 saturated carbocycles. The van der Waals surface area contributed by atoms with Crippen molar-refractivity contribution in [1.29, 1.82) is 0 Å². The summed E-state index contributed by atoms with van der Waals surface area (Å²) in [5.74, 6) is 0. The Kier molecular flexibility index (Phi) is 6.67. The van der Waals surface area contributed by atoms with Crippen LogP contribution in [-0.2, 0) is 0 Å². The number of hydrogen-bond donors (Lipinski definition) is 2.